The molecule has 0 radical (unpaired) electrons. The van der Waals surface area contributed by atoms with E-state index in [0.29, 0.717) is 37.8 Å². The number of carbonyl (C=O) groups is 2. The van der Waals surface area contributed by atoms with Gasteiger partial charge in [0, 0.05) is 21.3 Å². The number of rotatable bonds is 6. The van der Waals surface area contributed by atoms with Gasteiger partial charge in [0.05, 0.1) is 10.7 Å². The summed E-state index contributed by atoms with van der Waals surface area (Å²) in [6.45, 7) is -0.184. The Morgan fingerprint density at radius 3 is 2.28 bits per heavy atom. The molecular weight excluding hydrogens is 435 g/mol. The largest absolute Gasteiger partial charge is 0.484 e. The molecule has 2 N–H and O–H groups in total. The Bertz CT molecular complexity index is 1040. The van der Waals surface area contributed by atoms with Gasteiger partial charge >= 0.3 is 0 Å². The molecule has 3 aromatic carbocycles. The van der Waals surface area contributed by atoms with Crippen molar-refractivity contribution < 1.29 is 14.3 Å². The van der Waals surface area contributed by atoms with Crippen LogP contribution in [0.1, 0.15) is 10.4 Å². The lowest BCUT2D eigenvalue weighted by molar-refractivity contribution is -0.118. The molecule has 29 heavy (non-hydrogen) atoms. The Kier molecular flexibility index (Phi) is 6.99. The van der Waals surface area contributed by atoms with Gasteiger partial charge in [-0.15, -0.1) is 0 Å². The Morgan fingerprint density at radius 2 is 1.55 bits per heavy atom. The number of halogens is 3. The lowest BCUT2D eigenvalue weighted by Gasteiger charge is -2.10. The fraction of sp³-hybridized carbons (Fsp3) is 0.0476. The first-order valence-corrected chi connectivity index (χ1v) is 9.59. The van der Waals surface area contributed by atoms with Crippen molar-refractivity contribution in [1.82, 2.24) is 0 Å². The summed E-state index contributed by atoms with van der Waals surface area (Å²) in [5.74, 6) is -0.229. The van der Waals surface area contributed by atoms with Crippen molar-refractivity contribution in [3.8, 4) is 5.75 Å². The number of hydrogen-bond acceptors (Lipinski definition) is 3. The van der Waals surface area contributed by atoms with Crippen LogP contribution in [0, 0.1) is 0 Å². The van der Waals surface area contributed by atoms with Crippen LogP contribution in [0.15, 0.2) is 66.7 Å². The maximum absolute atomic E-state index is 12.4. The molecule has 0 saturated carbocycles. The van der Waals surface area contributed by atoms with Crippen LogP contribution >= 0.6 is 34.8 Å². The lowest BCUT2D eigenvalue weighted by atomic mass is 10.2. The van der Waals surface area contributed by atoms with E-state index in [1.165, 1.54) is 0 Å². The zero-order chi connectivity index (χ0) is 20.8. The number of amides is 2. The zero-order valence-corrected chi connectivity index (χ0v) is 17.2. The topological polar surface area (TPSA) is 67.4 Å². The van der Waals surface area contributed by atoms with Crippen LogP contribution in [-0.4, -0.2) is 18.4 Å². The monoisotopic (exact) mass is 448 g/mol. The number of hydrogen-bond donors (Lipinski definition) is 2. The van der Waals surface area contributed by atoms with E-state index in [4.69, 9.17) is 39.5 Å². The summed E-state index contributed by atoms with van der Waals surface area (Å²) in [7, 11) is 0. The van der Waals surface area contributed by atoms with Crippen LogP contribution in [0.25, 0.3) is 0 Å². The van der Waals surface area contributed by atoms with Gasteiger partial charge in [-0.1, -0.05) is 40.9 Å². The van der Waals surface area contributed by atoms with Gasteiger partial charge in [-0.05, 0) is 60.7 Å². The summed E-state index contributed by atoms with van der Waals surface area (Å²) in [5, 5.41) is 6.75. The van der Waals surface area contributed by atoms with E-state index in [1.807, 2.05) is 0 Å². The second-order valence-electron chi connectivity index (χ2n) is 5.95. The predicted molar refractivity (Wildman–Crippen MR) is 116 cm³/mol. The molecule has 0 fully saturated rings. The van der Waals surface area contributed by atoms with E-state index in [-0.39, 0.29) is 18.4 Å². The van der Waals surface area contributed by atoms with E-state index in [0.717, 1.165) is 0 Å². The van der Waals surface area contributed by atoms with Gasteiger partial charge in [0.1, 0.15) is 5.75 Å². The number of ether oxygens (including phenoxy) is 1. The standard InChI is InChI=1S/C21H15Cl3N2O3/c22-14-2-1-3-16(10-14)25-20(27)12-29-17-7-4-13(5-8-17)21(28)26-19-11-15(23)6-9-18(19)24/h1-11H,12H2,(H,25,27)(H,26,28). The first kappa shape index (κ1) is 21.0. The van der Waals surface area contributed by atoms with Crippen molar-refractivity contribution in [3.63, 3.8) is 0 Å². The van der Waals surface area contributed by atoms with Crippen LogP contribution in [0.4, 0.5) is 11.4 Å². The predicted octanol–water partition coefficient (Wildman–Crippen LogP) is 5.92. The van der Waals surface area contributed by atoms with Gasteiger partial charge < -0.3 is 15.4 Å². The molecule has 0 spiro atoms. The van der Waals surface area contributed by atoms with Crippen molar-refractivity contribution in [1.29, 1.82) is 0 Å². The highest BCUT2D eigenvalue weighted by atomic mass is 35.5. The minimum absolute atomic E-state index is 0.184. The Morgan fingerprint density at radius 1 is 0.828 bits per heavy atom. The van der Waals surface area contributed by atoms with Gasteiger partial charge in [-0.2, -0.15) is 0 Å². The molecule has 0 saturated heterocycles. The minimum Gasteiger partial charge on any atom is -0.484 e. The number of anilines is 2. The van der Waals surface area contributed by atoms with Crippen LogP contribution in [0.2, 0.25) is 15.1 Å². The van der Waals surface area contributed by atoms with Crippen LogP contribution < -0.4 is 15.4 Å². The average Bonchev–Trinajstić information content (AvgIpc) is 2.69. The van der Waals surface area contributed by atoms with Crippen LogP contribution in [-0.2, 0) is 4.79 Å². The summed E-state index contributed by atoms with van der Waals surface area (Å²) < 4.78 is 5.44. The molecule has 148 valence electrons. The molecule has 3 aromatic rings. The van der Waals surface area contributed by atoms with E-state index >= 15 is 0 Å². The van der Waals surface area contributed by atoms with E-state index in [1.54, 1.807) is 66.7 Å². The highest BCUT2D eigenvalue weighted by Crippen LogP contribution is 2.26. The van der Waals surface area contributed by atoms with Crippen molar-refractivity contribution in [2.75, 3.05) is 17.2 Å². The second-order valence-corrected chi connectivity index (χ2v) is 7.23. The molecule has 3 rings (SSSR count). The van der Waals surface area contributed by atoms with Crippen molar-refractivity contribution in [2.45, 2.75) is 0 Å². The molecule has 0 aliphatic rings. The van der Waals surface area contributed by atoms with Crippen molar-refractivity contribution >= 4 is 58.0 Å². The molecule has 0 bridgehead atoms. The maximum Gasteiger partial charge on any atom is 0.262 e. The molecule has 0 heterocycles. The van der Waals surface area contributed by atoms with Gasteiger partial charge in [0.15, 0.2) is 6.61 Å². The number of nitrogens with one attached hydrogen (secondary N) is 2. The molecule has 2 amide bonds. The third-order valence-corrected chi connectivity index (χ3v) is 4.57. The van der Waals surface area contributed by atoms with E-state index in [9.17, 15) is 9.59 Å². The molecule has 0 aliphatic heterocycles. The average molecular weight is 450 g/mol. The van der Waals surface area contributed by atoms with Gasteiger partial charge in [0.25, 0.3) is 11.8 Å². The molecule has 0 aliphatic carbocycles. The number of benzene rings is 3. The zero-order valence-electron chi connectivity index (χ0n) is 14.9. The Hall–Kier alpha value is -2.73. The maximum atomic E-state index is 12.4. The highest BCUT2D eigenvalue weighted by Gasteiger charge is 2.10. The third-order valence-electron chi connectivity index (χ3n) is 3.77. The van der Waals surface area contributed by atoms with Gasteiger partial charge in [-0.25, -0.2) is 0 Å². The molecule has 8 heteroatoms. The first-order chi connectivity index (χ1) is 13.9. The van der Waals surface area contributed by atoms with Gasteiger partial charge in [-0.3, -0.25) is 9.59 Å². The quantitative estimate of drug-likeness (QED) is 0.491. The van der Waals surface area contributed by atoms with Crippen molar-refractivity contribution in [2.24, 2.45) is 0 Å². The Balaban J connectivity index is 1.55. The van der Waals surface area contributed by atoms with E-state index < -0.39 is 0 Å². The summed E-state index contributed by atoms with van der Waals surface area (Å²) in [6.07, 6.45) is 0. The normalized spacial score (nSPS) is 10.3. The molecule has 0 unspecified atom stereocenters. The molecule has 5 nitrogen and oxygen atoms in total. The summed E-state index contributed by atoms with van der Waals surface area (Å²) >= 11 is 17.9. The van der Waals surface area contributed by atoms with Crippen molar-refractivity contribution in [3.05, 3.63) is 87.4 Å². The summed E-state index contributed by atoms with van der Waals surface area (Å²) in [6, 6.07) is 18.0. The second kappa shape index (κ2) is 9.65. The third kappa shape index (κ3) is 6.12. The summed E-state index contributed by atoms with van der Waals surface area (Å²) in [5.41, 5.74) is 1.40. The smallest absolute Gasteiger partial charge is 0.262 e. The minimum atomic E-state index is -0.348. The first-order valence-electron chi connectivity index (χ1n) is 8.45. The molecule has 0 aromatic heterocycles. The summed E-state index contributed by atoms with van der Waals surface area (Å²) in [4.78, 5) is 24.3. The van der Waals surface area contributed by atoms with E-state index in [2.05, 4.69) is 10.6 Å². The fourth-order valence-electron chi connectivity index (χ4n) is 2.40. The number of carbonyl (C=O) groups excluding carboxylic acids is 2. The lowest BCUT2D eigenvalue weighted by Crippen LogP contribution is -2.20. The SMILES string of the molecule is O=C(COc1ccc(C(=O)Nc2cc(Cl)ccc2Cl)cc1)Nc1cccc(Cl)c1. The molecule has 0 atom stereocenters. The van der Waals surface area contributed by atoms with Crippen LogP contribution in [0.5, 0.6) is 5.75 Å². The fourth-order valence-corrected chi connectivity index (χ4v) is 2.93. The van der Waals surface area contributed by atoms with Gasteiger partial charge in [0.2, 0.25) is 0 Å². The Labute approximate surface area is 182 Å². The molecular formula is C21H15Cl3N2O3. The van der Waals surface area contributed by atoms with Crippen LogP contribution in [0.3, 0.4) is 0 Å². The highest BCUT2D eigenvalue weighted by molar-refractivity contribution is 6.36.